The maximum atomic E-state index is 12.9. The Hall–Kier alpha value is -2.12. The van der Waals surface area contributed by atoms with Gasteiger partial charge in [-0.05, 0) is 31.5 Å². The third-order valence-corrected chi connectivity index (χ3v) is 4.10. The summed E-state index contributed by atoms with van der Waals surface area (Å²) in [6, 6.07) is 4.67. The van der Waals surface area contributed by atoms with Gasteiger partial charge in [-0.25, -0.2) is 9.98 Å². The number of nitrogens with zero attached hydrogens (tertiary/aromatic N) is 3. The summed E-state index contributed by atoms with van der Waals surface area (Å²) in [5.74, 6) is 0.571. The summed E-state index contributed by atoms with van der Waals surface area (Å²) in [4.78, 5) is 8.10. The van der Waals surface area contributed by atoms with Crippen LogP contribution in [0.15, 0.2) is 41.7 Å². The number of aromatic nitrogens is 2. The van der Waals surface area contributed by atoms with Gasteiger partial charge in [0.15, 0.2) is 5.96 Å². The summed E-state index contributed by atoms with van der Waals surface area (Å²) in [6.07, 6.45) is -1.91. The molecule has 2 aromatic rings. The minimum Gasteiger partial charge on any atom is -0.489 e. The predicted molar refractivity (Wildman–Crippen MR) is 118 cm³/mol. The number of imidazole rings is 1. The monoisotopic (exact) mass is 561 g/mol. The number of aliphatic imine (C=N–C) groups is 1. The van der Waals surface area contributed by atoms with Crippen molar-refractivity contribution < 1.29 is 26.7 Å². The van der Waals surface area contributed by atoms with Crippen LogP contribution in [0, 0.1) is 0 Å². The van der Waals surface area contributed by atoms with E-state index < -0.39 is 24.4 Å². The SMILES string of the molecule is CCNC(=NCc1nccn1C(F)F)NCC(CC)Oc1cccc(C(F)(F)F)c1.I. The number of rotatable bonds is 9. The first-order chi connectivity index (χ1) is 14.2. The van der Waals surface area contributed by atoms with Gasteiger partial charge < -0.3 is 15.4 Å². The van der Waals surface area contributed by atoms with Crippen LogP contribution in [-0.4, -0.2) is 34.7 Å². The zero-order valence-electron chi connectivity index (χ0n) is 17.0. The fourth-order valence-electron chi connectivity index (χ4n) is 2.55. The molecular weight excluding hydrogens is 536 g/mol. The van der Waals surface area contributed by atoms with Crippen molar-refractivity contribution in [2.45, 2.75) is 45.6 Å². The second kappa shape index (κ2) is 12.7. The van der Waals surface area contributed by atoms with Crippen molar-refractivity contribution in [2.24, 2.45) is 4.99 Å². The molecule has 174 valence electrons. The van der Waals surface area contributed by atoms with Crippen LogP contribution in [0.1, 0.15) is 38.2 Å². The van der Waals surface area contributed by atoms with Crippen molar-refractivity contribution in [3.63, 3.8) is 0 Å². The van der Waals surface area contributed by atoms with Gasteiger partial charge in [-0.3, -0.25) is 4.57 Å². The van der Waals surface area contributed by atoms with E-state index in [1.165, 1.54) is 24.5 Å². The molecule has 12 heteroatoms. The zero-order valence-corrected chi connectivity index (χ0v) is 19.3. The van der Waals surface area contributed by atoms with Gasteiger partial charge in [0.05, 0.1) is 12.1 Å². The molecule has 0 spiro atoms. The first-order valence-electron chi connectivity index (χ1n) is 9.40. The molecule has 0 fully saturated rings. The first kappa shape index (κ1) is 26.9. The third-order valence-electron chi connectivity index (χ3n) is 4.10. The van der Waals surface area contributed by atoms with E-state index in [-0.39, 0.29) is 48.6 Å². The summed E-state index contributed by atoms with van der Waals surface area (Å²) in [7, 11) is 0. The molecule has 6 nitrogen and oxygen atoms in total. The lowest BCUT2D eigenvalue weighted by molar-refractivity contribution is -0.137. The zero-order chi connectivity index (χ0) is 22.1. The van der Waals surface area contributed by atoms with Crippen LogP contribution in [-0.2, 0) is 12.7 Å². The number of alkyl halides is 5. The summed E-state index contributed by atoms with van der Waals surface area (Å²) >= 11 is 0. The maximum absolute atomic E-state index is 12.9. The van der Waals surface area contributed by atoms with Crippen LogP contribution in [0.5, 0.6) is 5.75 Å². The molecule has 0 saturated carbocycles. The Balaban J connectivity index is 0.00000480. The highest BCUT2D eigenvalue weighted by Gasteiger charge is 2.30. The third kappa shape index (κ3) is 8.50. The largest absolute Gasteiger partial charge is 0.489 e. The lowest BCUT2D eigenvalue weighted by Crippen LogP contribution is -2.42. The Morgan fingerprint density at radius 2 is 1.97 bits per heavy atom. The van der Waals surface area contributed by atoms with E-state index in [9.17, 15) is 22.0 Å². The predicted octanol–water partition coefficient (Wildman–Crippen LogP) is 4.83. The Labute approximate surface area is 194 Å². The molecule has 1 atom stereocenters. The van der Waals surface area contributed by atoms with E-state index in [4.69, 9.17) is 4.74 Å². The highest BCUT2D eigenvalue weighted by Crippen LogP contribution is 2.31. The molecule has 0 saturated heterocycles. The number of halogens is 6. The Kier molecular flexibility index (Phi) is 11.0. The summed E-state index contributed by atoms with van der Waals surface area (Å²) in [5.41, 5.74) is -0.785. The van der Waals surface area contributed by atoms with Gasteiger partial charge in [-0.2, -0.15) is 22.0 Å². The van der Waals surface area contributed by atoms with Crippen molar-refractivity contribution in [3.05, 3.63) is 48.0 Å². The Morgan fingerprint density at radius 3 is 2.58 bits per heavy atom. The van der Waals surface area contributed by atoms with Crippen LogP contribution in [0.3, 0.4) is 0 Å². The molecule has 1 aromatic heterocycles. The van der Waals surface area contributed by atoms with Gasteiger partial charge in [0.1, 0.15) is 24.2 Å². The van der Waals surface area contributed by atoms with E-state index in [0.717, 1.165) is 16.7 Å². The van der Waals surface area contributed by atoms with Gasteiger partial charge in [0, 0.05) is 18.9 Å². The van der Waals surface area contributed by atoms with Crippen LogP contribution < -0.4 is 15.4 Å². The van der Waals surface area contributed by atoms with Crippen LogP contribution in [0.4, 0.5) is 22.0 Å². The number of nitrogens with one attached hydrogen (secondary N) is 2. The van der Waals surface area contributed by atoms with Gasteiger partial charge in [-0.15, -0.1) is 24.0 Å². The van der Waals surface area contributed by atoms with E-state index >= 15 is 0 Å². The Bertz CT molecular complexity index is 828. The topological polar surface area (TPSA) is 63.5 Å². The minimum absolute atomic E-state index is 0. The Morgan fingerprint density at radius 1 is 1.23 bits per heavy atom. The second-order valence-electron chi connectivity index (χ2n) is 6.28. The van der Waals surface area contributed by atoms with Crippen LogP contribution >= 0.6 is 24.0 Å². The molecule has 0 aliphatic heterocycles. The molecule has 2 N–H and O–H groups in total. The second-order valence-corrected chi connectivity index (χ2v) is 6.28. The molecule has 31 heavy (non-hydrogen) atoms. The molecule has 0 bridgehead atoms. The number of hydrogen-bond donors (Lipinski definition) is 2. The van der Waals surface area contributed by atoms with Gasteiger partial charge >= 0.3 is 12.7 Å². The lowest BCUT2D eigenvalue weighted by atomic mass is 10.2. The first-order valence-corrected chi connectivity index (χ1v) is 9.40. The normalized spacial score (nSPS) is 13.0. The summed E-state index contributed by atoms with van der Waals surface area (Å²) in [6.45, 7) is 1.68. The highest BCUT2D eigenvalue weighted by molar-refractivity contribution is 14.0. The molecule has 0 aliphatic carbocycles. The number of benzene rings is 1. The van der Waals surface area contributed by atoms with E-state index in [1.54, 1.807) is 0 Å². The average Bonchev–Trinajstić information content (AvgIpc) is 3.17. The van der Waals surface area contributed by atoms with E-state index in [1.807, 2.05) is 13.8 Å². The van der Waals surface area contributed by atoms with Gasteiger partial charge in [0.2, 0.25) is 0 Å². The molecule has 1 unspecified atom stereocenters. The molecule has 0 amide bonds. The average molecular weight is 561 g/mol. The molecule has 1 aromatic carbocycles. The van der Waals surface area contributed by atoms with Crippen LogP contribution in [0.2, 0.25) is 0 Å². The van der Waals surface area contributed by atoms with Crippen molar-refractivity contribution in [1.82, 2.24) is 20.2 Å². The van der Waals surface area contributed by atoms with Gasteiger partial charge in [-0.1, -0.05) is 13.0 Å². The number of guanidine groups is 1. The van der Waals surface area contributed by atoms with Gasteiger partial charge in [0.25, 0.3) is 0 Å². The van der Waals surface area contributed by atoms with E-state index in [0.29, 0.717) is 18.9 Å². The lowest BCUT2D eigenvalue weighted by Gasteiger charge is -2.20. The molecule has 2 rings (SSSR count). The van der Waals surface area contributed by atoms with Crippen molar-refractivity contribution in [2.75, 3.05) is 13.1 Å². The fourth-order valence-corrected chi connectivity index (χ4v) is 2.55. The number of hydrogen-bond acceptors (Lipinski definition) is 3. The summed E-state index contributed by atoms with van der Waals surface area (Å²) < 4.78 is 70.8. The van der Waals surface area contributed by atoms with E-state index in [2.05, 4.69) is 20.6 Å². The summed E-state index contributed by atoms with van der Waals surface area (Å²) in [5, 5.41) is 5.99. The number of ether oxygens (including phenoxy) is 1. The smallest absolute Gasteiger partial charge is 0.416 e. The molecule has 0 aliphatic rings. The van der Waals surface area contributed by atoms with Crippen LogP contribution in [0.25, 0.3) is 0 Å². The fraction of sp³-hybridized carbons (Fsp3) is 0.474. The standard InChI is InChI=1S/C19H24F5N5O.HI/c1-3-14(30-15-7-5-6-13(10-15)19(22,23)24)11-27-18(25-4-2)28-12-16-26-8-9-29(16)17(20)21;/h5-10,14,17H,3-4,11-12H2,1-2H3,(H2,25,27,28);1H. The molecular formula is C19H25F5IN5O. The highest BCUT2D eigenvalue weighted by atomic mass is 127. The molecule has 1 heterocycles. The quantitative estimate of drug-likeness (QED) is 0.200. The molecule has 0 radical (unpaired) electrons. The van der Waals surface area contributed by atoms with Crippen molar-refractivity contribution in [1.29, 1.82) is 0 Å². The maximum Gasteiger partial charge on any atom is 0.416 e. The van der Waals surface area contributed by atoms with Crippen molar-refractivity contribution >= 4 is 29.9 Å². The van der Waals surface area contributed by atoms with Crippen molar-refractivity contribution in [3.8, 4) is 5.75 Å². The minimum atomic E-state index is -4.45.